The Labute approximate surface area is 103 Å². The summed E-state index contributed by atoms with van der Waals surface area (Å²) in [4.78, 5) is 22.5. The Morgan fingerprint density at radius 2 is 1.76 bits per heavy atom. The molecule has 0 aromatic rings. The third-order valence-electron chi connectivity index (χ3n) is 2.60. The molecule has 0 bridgehead atoms. The predicted octanol–water partition coefficient (Wildman–Crippen LogP) is 2.86. The quantitative estimate of drug-likeness (QED) is 0.730. The summed E-state index contributed by atoms with van der Waals surface area (Å²) in [5.74, 6) is -1.65. The highest BCUT2D eigenvalue weighted by Gasteiger charge is 2.23. The molecule has 2 atom stereocenters. The van der Waals surface area contributed by atoms with E-state index in [1.807, 2.05) is 27.7 Å². The van der Waals surface area contributed by atoms with Crippen molar-refractivity contribution in [1.82, 2.24) is 0 Å². The molecular weight excluding hydrogens is 220 g/mol. The van der Waals surface area contributed by atoms with E-state index in [0.29, 0.717) is 19.3 Å². The number of hydrogen-bond acceptors (Lipinski definition) is 3. The van der Waals surface area contributed by atoms with E-state index in [2.05, 4.69) is 0 Å². The molecular formula is C13H24O4. The normalized spacial score (nSPS) is 15.1. The van der Waals surface area contributed by atoms with Gasteiger partial charge < -0.3 is 9.84 Å². The maximum Gasteiger partial charge on any atom is 0.309 e. The fourth-order valence-corrected chi connectivity index (χ4v) is 1.47. The van der Waals surface area contributed by atoms with Crippen molar-refractivity contribution in [3.63, 3.8) is 0 Å². The molecule has 0 saturated carbocycles. The molecule has 0 radical (unpaired) electrons. The third kappa shape index (κ3) is 6.97. The van der Waals surface area contributed by atoms with Crippen LogP contribution in [-0.4, -0.2) is 22.6 Å². The van der Waals surface area contributed by atoms with Crippen LogP contribution in [0.1, 0.15) is 53.9 Å². The van der Waals surface area contributed by atoms with E-state index in [-0.39, 0.29) is 17.8 Å². The highest BCUT2D eigenvalue weighted by atomic mass is 16.6. The molecule has 0 amide bonds. The van der Waals surface area contributed by atoms with Crippen molar-refractivity contribution in [1.29, 1.82) is 0 Å². The Balaban J connectivity index is 4.13. The summed E-state index contributed by atoms with van der Waals surface area (Å²) in [5, 5.41) is 8.90. The van der Waals surface area contributed by atoms with Crippen molar-refractivity contribution in [2.24, 2.45) is 11.8 Å². The first-order valence-electron chi connectivity index (χ1n) is 6.13. The minimum atomic E-state index is -0.788. The van der Waals surface area contributed by atoms with Crippen LogP contribution in [0.5, 0.6) is 0 Å². The van der Waals surface area contributed by atoms with Gasteiger partial charge in [-0.2, -0.15) is 0 Å². The van der Waals surface area contributed by atoms with Gasteiger partial charge in [0.2, 0.25) is 0 Å². The number of aliphatic carboxylic acids is 1. The molecule has 0 spiro atoms. The fraction of sp³-hybridized carbons (Fsp3) is 0.846. The molecule has 0 rings (SSSR count). The summed E-state index contributed by atoms with van der Waals surface area (Å²) in [6, 6.07) is 0. The van der Waals surface area contributed by atoms with Crippen LogP contribution in [0.15, 0.2) is 0 Å². The van der Waals surface area contributed by atoms with Crippen molar-refractivity contribution in [3.8, 4) is 0 Å². The lowest BCUT2D eigenvalue weighted by Gasteiger charge is -2.22. The summed E-state index contributed by atoms with van der Waals surface area (Å²) in [5.41, 5.74) is -0.484. The van der Waals surface area contributed by atoms with Gasteiger partial charge in [0.15, 0.2) is 0 Å². The second-order valence-electron chi connectivity index (χ2n) is 5.46. The highest BCUT2D eigenvalue weighted by Crippen LogP contribution is 2.19. The number of carboxylic acid groups (broad SMARTS) is 1. The minimum Gasteiger partial charge on any atom is -0.481 e. The van der Waals surface area contributed by atoms with Gasteiger partial charge in [-0.25, -0.2) is 0 Å². The Kier molecular flexibility index (Phi) is 6.21. The first kappa shape index (κ1) is 15.9. The van der Waals surface area contributed by atoms with Crippen LogP contribution in [0, 0.1) is 11.8 Å². The molecule has 2 unspecified atom stereocenters. The van der Waals surface area contributed by atoms with E-state index >= 15 is 0 Å². The lowest BCUT2D eigenvalue weighted by molar-refractivity contribution is -0.160. The van der Waals surface area contributed by atoms with Crippen molar-refractivity contribution in [3.05, 3.63) is 0 Å². The van der Waals surface area contributed by atoms with E-state index in [0.717, 1.165) is 0 Å². The summed E-state index contributed by atoms with van der Waals surface area (Å²) < 4.78 is 5.24. The number of carbonyl (C=O) groups is 2. The molecule has 100 valence electrons. The van der Waals surface area contributed by atoms with Gasteiger partial charge in [0.05, 0.1) is 11.8 Å². The van der Waals surface area contributed by atoms with Gasteiger partial charge in [0.25, 0.3) is 0 Å². The topological polar surface area (TPSA) is 63.6 Å². The first-order chi connectivity index (χ1) is 7.67. The number of ether oxygens (including phenoxy) is 1. The summed E-state index contributed by atoms with van der Waals surface area (Å²) >= 11 is 0. The van der Waals surface area contributed by atoms with Crippen molar-refractivity contribution in [2.45, 2.75) is 59.5 Å². The summed E-state index contributed by atoms with van der Waals surface area (Å²) in [7, 11) is 0. The van der Waals surface area contributed by atoms with Crippen molar-refractivity contribution >= 4 is 11.9 Å². The van der Waals surface area contributed by atoms with E-state index in [4.69, 9.17) is 9.84 Å². The fourth-order valence-electron chi connectivity index (χ4n) is 1.47. The molecule has 17 heavy (non-hydrogen) atoms. The molecule has 0 aliphatic heterocycles. The second kappa shape index (κ2) is 6.62. The molecule has 0 aromatic carbocycles. The van der Waals surface area contributed by atoms with Gasteiger partial charge in [-0.05, 0) is 40.0 Å². The van der Waals surface area contributed by atoms with Gasteiger partial charge in [-0.3, -0.25) is 9.59 Å². The molecule has 4 nitrogen and oxygen atoms in total. The maximum absolute atomic E-state index is 11.7. The van der Waals surface area contributed by atoms with Gasteiger partial charge in [0, 0.05) is 0 Å². The predicted molar refractivity (Wildman–Crippen MR) is 65.7 cm³/mol. The number of hydrogen-bond donors (Lipinski definition) is 1. The number of carbonyl (C=O) groups excluding carboxylic acids is 1. The van der Waals surface area contributed by atoms with Crippen LogP contribution < -0.4 is 0 Å². The second-order valence-corrected chi connectivity index (χ2v) is 5.46. The van der Waals surface area contributed by atoms with Gasteiger partial charge in [0.1, 0.15) is 5.60 Å². The largest absolute Gasteiger partial charge is 0.481 e. The Hall–Kier alpha value is -1.06. The zero-order chi connectivity index (χ0) is 13.6. The average Bonchev–Trinajstić information content (AvgIpc) is 2.15. The minimum absolute atomic E-state index is 0.248. The average molecular weight is 244 g/mol. The molecule has 4 heteroatoms. The highest BCUT2D eigenvalue weighted by molar-refractivity contribution is 5.73. The van der Waals surface area contributed by atoms with Crippen molar-refractivity contribution in [2.75, 3.05) is 0 Å². The Morgan fingerprint density at radius 3 is 2.12 bits per heavy atom. The molecule has 0 aliphatic rings. The first-order valence-corrected chi connectivity index (χ1v) is 6.13. The SMILES string of the molecule is CCC(CCC(C)C(=O)OC(C)(C)C)C(=O)O. The van der Waals surface area contributed by atoms with Crippen LogP contribution >= 0.6 is 0 Å². The molecule has 1 N–H and O–H groups in total. The van der Waals surface area contributed by atoms with E-state index in [1.165, 1.54) is 0 Å². The van der Waals surface area contributed by atoms with Crippen LogP contribution in [-0.2, 0) is 14.3 Å². The Morgan fingerprint density at radius 1 is 1.24 bits per heavy atom. The Bertz CT molecular complexity index is 265. The smallest absolute Gasteiger partial charge is 0.309 e. The monoisotopic (exact) mass is 244 g/mol. The lowest BCUT2D eigenvalue weighted by Crippen LogP contribution is -2.28. The van der Waals surface area contributed by atoms with Crippen LogP contribution in [0.25, 0.3) is 0 Å². The zero-order valence-corrected chi connectivity index (χ0v) is 11.4. The van der Waals surface area contributed by atoms with Crippen LogP contribution in [0.3, 0.4) is 0 Å². The summed E-state index contributed by atoms with van der Waals surface area (Å²) in [6.07, 6.45) is 1.67. The number of esters is 1. The van der Waals surface area contributed by atoms with Crippen LogP contribution in [0.2, 0.25) is 0 Å². The third-order valence-corrected chi connectivity index (χ3v) is 2.60. The van der Waals surface area contributed by atoms with Crippen LogP contribution in [0.4, 0.5) is 0 Å². The molecule has 0 saturated heterocycles. The van der Waals surface area contributed by atoms with Gasteiger partial charge in [-0.15, -0.1) is 0 Å². The molecule has 0 aromatic heterocycles. The van der Waals surface area contributed by atoms with E-state index in [1.54, 1.807) is 6.92 Å². The zero-order valence-electron chi connectivity index (χ0n) is 11.4. The lowest BCUT2D eigenvalue weighted by atomic mass is 9.95. The molecule has 0 aliphatic carbocycles. The van der Waals surface area contributed by atoms with E-state index < -0.39 is 11.6 Å². The molecule has 0 fully saturated rings. The molecule has 0 heterocycles. The summed E-state index contributed by atoms with van der Waals surface area (Å²) in [6.45, 7) is 9.09. The number of rotatable bonds is 6. The van der Waals surface area contributed by atoms with Gasteiger partial charge in [-0.1, -0.05) is 13.8 Å². The van der Waals surface area contributed by atoms with E-state index in [9.17, 15) is 9.59 Å². The standard InChI is InChI=1S/C13H24O4/c1-6-10(11(14)15)8-7-9(2)12(16)17-13(3,4)5/h9-10H,6-8H2,1-5H3,(H,14,15). The number of carboxylic acids is 1. The van der Waals surface area contributed by atoms with Gasteiger partial charge >= 0.3 is 11.9 Å². The maximum atomic E-state index is 11.7. The van der Waals surface area contributed by atoms with Crippen molar-refractivity contribution < 1.29 is 19.4 Å².